The Morgan fingerprint density at radius 1 is 1.50 bits per heavy atom. The molecule has 0 bridgehead atoms. The van der Waals surface area contributed by atoms with Crippen LogP contribution in [0.3, 0.4) is 0 Å². The molecule has 0 aromatic rings. The Kier molecular flexibility index (Phi) is 2.30. The molecule has 0 unspecified atom stereocenters. The molecule has 0 radical (unpaired) electrons. The van der Waals surface area contributed by atoms with Gasteiger partial charge in [-0.05, 0) is 6.42 Å². The van der Waals surface area contributed by atoms with Gasteiger partial charge in [0.05, 0.1) is 5.92 Å². The average Bonchev–Trinajstić information content (AvgIpc) is 1.83. The summed E-state index contributed by atoms with van der Waals surface area (Å²) in [6.07, 6.45) is -3.66. The highest BCUT2D eigenvalue weighted by Gasteiger charge is 2.44. The van der Waals surface area contributed by atoms with Gasteiger partial charge in [0.25, 0.3) is 5.92 Å². The lowest BCUT2D eigenvalue weighted by molar-refractivity contribution is -0.151. The van der Waals surface area contributed by atoms with Crippen molar-refractivity contribution in [2.45, 2.75) is 31.4 Å². The van der Waals surface area contributed by atoms with Crippen LogP contribution in [0.1, 0.15) is 19.3 Å². The van der Waals surface area contributed by atoms with Crippen LogP contribution in [-0.4, -0.2) is 23.2 Å². The number of aliphatic carboxylic acids is 1. The fourth-order valence-electron chi connectivity index (χ4n) is 1.36. The van der Waals surface area contributed by atoms with Crippen molar-refractivity contribution in [2.75, 3.05) is 0 Å². The summed E-state index contributed by atoms with van der Waals surface area (Å²) in [7, 11) is 0. The third-order valence-corrected chi connectivity index (χ3v) is 2.07. The minimum Gasteiger partial charge on any atom is -0.481 e. The van der Waals surface area contributed by atoms with Crippen LogP contribution < -0.4 is 0 Å². The fourth-order valence-corrected chi connectivity index (χ4v) is 1.36. The number of halogens is 3. The van der Waals surface area contributed by atoms with Gasteiger partial charge in [-0.1, -0.05) is 0 Å². The van der Waals surface area contributed by atoms with Crippen molar-refractivity contribution >= 4 is 5.97 Å². The Balaban J connectivity index is 2.60. The van der Waals surface area contributed by atoms with Gasteiger partial charge >= 0.3 is 5.97 Å². The maximum Gasteiger partial charge on any atom is 0.309 e. The predicted molar refractivity (Wildman–Crippen MR) is 34.8 cm³/mol. The van der Waals surface area contributed by atoms with Crippen LogP contribution in [0.5, 0.6) is 0 Å². The van der Waals surface area contributed by atoms with E-state index >= 15 is 0 Å². The molecule has 0 saturated heterocycles. The molecule has 0 aromatic carbocycles. The molecule has 5 heteroatoms. The van der Waals surface area contributed by atoms with Crippen molar-refractivity contribution < 1.29 is 23.1 Å². The fraction of sp³-hybridized carbons (Fsp3) is 0.857. The highest BCUT2D eigenvalue weighted by Crippen LogP contribution is 2.37. The summed E-state index contributed by atoms with van der Waals surface area (Å²) in [6, 6.07) is 0. The van der Waals surface area contributed by atoms with Crippen molar-refractivity contribution in [2.24, 2.45) is 5.92 Å². The Bertz CT molecular complexity index is 193. The van der Waals surface area contributed by atoms with Crippen molar-refractivity contribution in [3.63, 3.8) is 0 Å². The maximum atomic E-state index is 12.7. The zero-order valence-electron chi connectivity index (χ0n) is 6.27. The number of carbonyl (C=O) groups is 1. The van der Waals surface area contributed by atoms with E-state index in [1.165, 1.54) is 0 Å². The number of hydrogen-bond donors (Lipinski definition) is 1. The summed E-state index contributed by atoms with van der Waals surface area (Å²) in [4.78, 5) is 10.3. The molecule has 70 valence electrons. The monoisotopic (exact) mass is 182 g/mol. The van der Waals surface area contributed by atoms with Crippen LogP contribution in [0.25, 0.3) is 0 Å². The number of carboxylic acids is 1. The molecule has 0 aliphatic heterocycles. The predicted octanol–water partition coefficient (Wildman–Crippen LogP) is 1.84. The first-order valence-electron chi connectivity index (χ1n) is 3.67. The molecule has 1 rings (SSSR count). The molecular formula is C7H9F3O2. The third kappa shape index (κ3) is 1.89. The van der Waals surface area contributed by atoms with Crippen LogP contribution in [0.4, 0.5) is 13.2 Å². The van der Waals surface area contributed by atoms with Gasteiger partial charge in [0.15, 0.2) is 0 Å². The van der Waals surface area contributed by atoms with Crippen LogP contribution in [-0.2, 0) is 4.79 Å². The highest BCUT2D eigenvalue weighted by atomic mass is 19.3. The first-order chi connectivity index (χ1) is 5.42. The number of hydrogen-bond acceptors (Lipinski definition) is 1. The minimum absolute atomic E-state index is 0.274. The van der Waals surface area contributed by atoms with E-state index in [9.17, 15) is 18.0 Å². The van der Waals surface area contributed by atoms with Gasteiger partial charge in [-0.25, -0.2) is 13.2 Å². The Morgan fingerprint density at radius 2 is 2.08 bits per heavy atom. The molecule has 1 fully saturated rings. The van der Waals surface area contributed by atoms with Gasteiger partial charge in [0, 0.05) is 12.8 Å². The summed E-state index contributed by atoms with van der Waals surface area (Å²) < 4.78 is 37.7. The lowest BCUT2D eigenvalue weighted by atomic mass is 9.85. The summed E-state index contributed by atoms with van der Waals surface area (Å²) in [5.41, 5.74) is 0. The maximum absolute atomic E-state index is 12.7. The SMILES string of the molecule is O=C(O)[C@H]1CCC(F)(F)C[C@H]1F. The number of alkyl halides is 3. The molecule has 1 N–H and O–H groups in total. The molecule has 1 aliphatic carbocycles. The topological polar surface area (TPSA) is 37.3 Å². The second-order valence-corrected chi connectivity index (χ2v) is 3.06. The lowest BCUT2D eigenvalue weighted by Crippen LogP contribution is -2.37. The van der Waals surface area contributed by atoms with Crippen LogP contribution in [0, 0.1) is 5.92 Å². The van der Waals surface area contributed by atoms with Crippen molar-refractivity contribution in [3.8, 4) is 0 Å². The minimum atomic E-state index is -3.02. The van der Waals surface area contributed by atoms with E-state index in [0.29, 0.717) is 0 Å². The van der Waals surface area contributed by atoms with Gasteiger partial charge in [0.2, 0.25) is 0 Å². The molecular weight excluding hydrogens is 173 g/mol. The second kappa shape index (κ2) is 2.95. The zero-order valence-corrected chi connectivity index (χ0v) is 6.27. The Labute approximate surface area is 67.4 Å². The quantitative estimate of drug-likeness (QED) is 0.671. The number of rotatable bonds is 1. The molecule has 12 heavy (non-hydrogen) atoms. The van der Waals surface area contributed by atoms with E-state index in [0.717, 1.165) is 0 Å². The second-order valence-electron chi connectivity index (χ2n) is 3.06. The van der Waals surface area contributed by atoms with Gasteiger partial charge in [-0.2, -0.15) is 0 Å². The van der Waals surface area contributed by atoms with Crippen molar-refractivity contribution in [3.05, 3.63) is 0 Å². The Hall–Kier alpha value is -0.740. The van der Waals surface area contributed by atoms with E-state index in [1.54, 1.807) is 0 Å². The first kappa shape index (κ1) is 9.35. The average molecular weight is 182 g/mol. The largest absolute Gasteiger partial charge is 0.481 e. The molecule has 2 nitrogen and oxygen atoms in total. The summed E-state index contributed by atoms with van der Waals surface area (Å²) in [5.74, 6) is -5.59. The van der Waals surface area contributed by atoms with Gasteiger partial charge in [-0.15, -0.1) is 0 Å². The highest BCUT2D eigenvalue weighted by molar-refractivity contribution is 5.70. The van der Waals surface area contributed by atoms with Crippen LogP contribution in [0.2, 0.25) is 0 Å². The molecule has 1 saturated carbocycles. The number of carboxylic acid groups (broad SMARTS) is 1. The van der Waals surface area contributed by atoms with Gasteiger partial charge in [-0.3, -0.25) is 4.79 Å². The smallest absolute Gasteiger partial charge is 0.309 e. The molecule has 2 atom stereocenters. The molecule has 0 heterocycles. The molecule has 0 amide bonds. The summed E-state index contributed by atoms with van der Waals surface area (Å²) >= 11 is 0. The summed E-state index contributed by atoms with van der Waals surface area (Å²) in [5, 5.41) is 8.39. The molecule has 0 spiro atoms. The normalized spacial score (nSPS) is 34.6. The molecule has 1 aliphatic rings. The first-order valence-corrected chi connectivity index (χ1v) is 3.67. The summed E-state index contributed by atoms with van der Waals surface area (Å²) in [6.45, 7) is 0. The van der Waals surface area contributed by atoms with E-state index in [2.05, 4.69) is 0 Å². The Morgan fingerprint density at radius 3 is 2.50 bits per heavy atom. The van der Waals surface area contributed by atoms with Gasteiger partial charge < -0.3 is 5.11 Å². The standard InChI is InChI=1S/C7H9F3O2/c8-5-3-7(9,10)2-1-4(5)6(11)12/h4-5H,1-3H2,(H,11,12)/t4-,5+/m0/s1. The lowest BCUT2D eigenvalue weighted by Gasteiger charge is -2.28. The van der Waals surface area contributed by atoms with E-state index in [4.69, 9.17) is 5.11 Å². The zero-order chi connectivity index (χ0) is 9.35. The molecule has 0 aromatic heterocycles. The van der Waals surface area contributed by atoms with E-state index in [1.807, 2.05) is 0 Å². The van der Waals surface area contributed by atoms with Crippen LogP contribution >= 0.6 is 0 Å². The van der Waals surface area contributed by atoms with E-state index in [-0.39, 0.29) is 6.42 Å². The third-order valence-electron chi connectivity index (χ3n) is 2.07. The van der Waals surface area contributed by atoms with Crippen LogP contribution in [0.15, 0.2) is 0 Å². The van der Waals surface area contributed by atoms with E-state index < -0.39 is 36.8 Å². The van der Waals surface area contributed by atoms with Gasteiger partial charge in [0.1, 0.15) is 6.17 Å². The van der Waals surface area contributed by atoms with Crippen molar-refractivity contribution in [1.29, 1.82) is 0 Å². The van der Waals surface area contributed by atoms with Crippen molar-refractivity contribution in [1.82, 2.24) is 0 Å².